The Morgan fingerprint density at radius 2 is 2.36 bits per heavy atom. The molecule has 1 aliphatic rings. The molecule has 0 amide bonds. The average Bonchev–Trinajstić information content (AvgIpc) is 2.66. The van der Waals surface area contributed by atoms with E-state index in [0.29, 0.717) is 11.4 Å². The van der Waals surface area contributed by atoms with Crippen LogP contribution in [-0.2, 0) is 0 Å². The van der Waals surface area contributed by atoms with Crippen LogP contribution in [0.3, 0.4) is 0 Å². The van der Waals surface area contributed by atoms with Crippen LogP contribution in [0.4, 0.5) is 0 Å². The summed E-state index contributed by atoms with van der Waals surface area (Å²) >= 11 is 2.03. The molecule has 1 fully saturated rings. The summed E-state index contributed by atoms with van der Waals surface area (Å²) in [6.07, 6.45) is 1.23. The third-order valence-electron chi connectivity index (χ3n) is 2.69. The highest BCUT2D eigenvalue weighted by Gasteiger charge is 2.23. The van der Waals surface area contributed by atoms with Crippen LogP contribution in [0.15, 0.2) is 24.3 Å². The van der Waals surface area contributed by atoms with E-state index < -0.39 is 0 Å². The molecule has 2 heteroatoms. The molecule has 1 aliphatic heterocycles. The maximum atomic E-state index is 3.65. The van der Waals surface area contributed by atoms with Gasteiger partial charge in [-0.1, -0.05) is 36.8 Å². The minimum atomic E-state index is 0.514. The molecule has 1 heterocycles. The third kappa shape index (κ3) is 2.12. The van der Waals surface area contributed by atoms with Crippen LogP contribution in [0.25, 0.3) is 0 Å². The summed E-state index contributed by atoms with van der Waals surface area (Å²) < 4.78 is 0. The lowest BCUT2D eigenvalue weighted by molar-refractivity contribution is 0.561. The van der Waals surface area contributed by atoms with Crippen LogP contribution in [0.5, 0.6) is 0 Å². The van der Waals surface area contributed by atoms with Gasteiger partial charge in [-0.05, 0) is 18.9 Å². The van der Waals surface area contributed by atoms with Crippen molar-refractivity contribution in [3.63, 3.8) is 0 Å². The second-order valence-electron chi connectivity index (χ2n) is 3.90. The predicted octanol–water partition coefficient (Wildman–Crippen LogP) is 3.11. The Morgan fingerprint density at radius 3 is 3.00 bits per heavy atom. The number of rotatable bonds is 2. The molecule has 0 saturated carbocycles. The van der Waals surface area contributed by atoms with Crippen molar-refractivity contribution < 1.29 is 0 Å². The molecule has 76 valence electrons. The highest BCUT2D eigenvalue weighted by molar-refractivity contribution is 7.99. The molecular formula is C12H17NS. The number of aryl methyl sites for hydroxylation is 1. The fourth-order valence-electron chi connectivity index (χ4n) is 1.78. The summed E-state index contributed by atoms with van der Waals surface area (Å²) in [6, 6.07) is 9.50. The molecule has 1 nitrogen and oxygen atoms in total. The van der Waals surface area contributed by atoms with Crippen molar-refractivity contribution in [2.24, 2.45) is 0 Å². The molecule has 0 aromatic heterocycles. The van der Waals surface area contributed by atoms with E-state index in [1.807, 2.05) is 11.8 Å². The Morgan fingerprint density at radius 1 is 1.50 bits per heavy atom. The first-order valence-corrected chi connectivity index (χ1v) is 6.28. The topological polar surface area (TPSA) is 12.0 Å². The maximum absolute atomic E-state index is 3.65. The van der Waals surface area contributed by atoms with Crippen molar-refractivity contribution in [3.8, 4) is 0 Å². The summed E-state index contributed by atoms with van der Waals surface area (Å²) in [4.78, 5) is 0. The van der Waals surface area contributed by atoms with E-state index in [9.17, 15) is 0 Å². The fourth-order valence-corrected chi connectivity index (χ4v) is 3.17. The first kappa shape index (κ1) is 10.1. The summed E-state index contributed by atoms with van der Waals surface area (Å²) in [7, 11) is 0. The van der Waals surface area contributed by atoms with E-state index in [1.54, 1.807) is 0 Å². The molecule has 2 atom stereocenters. The molecule has 14 heavy (non-hydrogen) atoms. The fraction of sp³-hybridized carbons (Fsp3) is 0.500. The van der Waals surface area contributed by atoms with Crippen LogP contribution in [0, 0.1) is 6.92 Å². The van der Waals surface area contributed by atoms with Gasteiger partial charge in [-0.15, -0.1) is 11.8 Å². The quantitative estimate of drug-likeness (QED) is 0.799. The first-order chi connectivity index (χ1) is 6.79. The largest absolute Gasteiger partial charge is 0.298 e. The highest BCUT2D eigenvalue weighted by Crippen LogP contribution is 2.33. The van der Waals surface area contributed by atoms with E-state index >= 15 is 0 Å². The zero-order valence-corrected chi connectivity index (χ0v) is 9.60. The molecule has 0 aliphatic carbocycles. The van der Waals surface area contributed by atoms with E-state index in [-0.39, 0.29) is 0 Å². The van der Waals surface area contributed by atoms with Gasteiger partial charge >= 0.3 is 0 Å². The molecule has 2 unspecified atom stereocenters. The lowest BCUT2D eigenvalue weighted by atomic mass is 10.1. The second-order valence-corrected chi connectivity index (χ2v) is 5.04. The van der Waals surface area contributed by atoms with Crippen molar-refractivity contribution in [1.29, 1.82) is 0 Å². The average molecular weight is 207 g/mol. The van der Waals surface area contributed by atoms with Crippen molar-refractivity contribution in [1.82, 2.24) is 5.32 Å². The molecule has 2 rings (SSSR count). The normalized spacial score (nSPS) is 26.7. The second kappa shape index (κ2) is 4.37. The van der Waals surface area contributed by atoms with Crippen LogP contribution in [0.1, 0.15) is 29.8 Å². The van der Waals surface area contributed by atoms with Gasteiger partial charge in [0.05, 0.1) is 5.37 Å². The van der Waals surface area contributed by atoms with Crippen LogP contribution < -0.4 is 5.32 Å². The number of hydrogen-bond donors (Lipinski definition) is 1. The lowest BCUT2D eigenvalue weighted by Gasteiger charge is -2.12. The minimum Gasteiger partial charge on any atom is -0.298 e. The Kier molecular flexibility index (Phi) is 3.14. The number of benzene rings is 1. The maximum Gasteiger partial charge on any atom is 0.0792 e. The van der Waals surface area contributed by atoms with Gasteiger partial charge in [-0.2, -0.15) is 0 Å². The predicted molar refractivity (Wildman–Crippen MR) is 63.6 cm³/mol. The van der Waals surface area contributed by atoms with E-state index in [1.165, 1.54) is 23.3 Å². The first-order valence-electron chi connectivity index (χ1n) is 5.24. The van der Waals surface area contributed by atoms with Crippen LogP contribution >= 0.6 is 11.8 Å². The molecule has 1 aromatic carbocycles. The Labute approximate surface area is 90.3 Å². The Bertz CT molecular complexity index is 311. The summed E-state index contributed by atoms with van der Waals surface area (Å²) in [5.74, 6) is 1.25. The van der Waals surface area contributed by atoms with Gasteiger partial charge in [0.1, 0.15) is 0 Å². The van der Waals surface area contributed by atoms with Gasteiger partial charge in [0, 0.05) is 11.8 Å². The monoisotopic (exact) mass is 207 g/mol. The summed E-state index contributed by atoms with van der Waals surface area (Å²) in [5.41, 5.74) is 2.77. The summed E-state index contributed by atoms with van der Waals surface area (Å²) in [5, 5.41) is 4.16. The third-order valence-corrected chi connectivity index (χ3v) is 4.03. The summed E-state index contributed by atoms with van der Waals surface area (Å²) in [6.45, 7) is 4.40. The lowest BCUT2D eigenvalue weighted by Crippen LogP contribution is -2.24. The Hall–Kier alpha value is -0.470. The molecule has 1 saturated heterocycles. The van der Waals surface area contributed by atoms with Gasteiger partial charge in [-0.25, -0.2) is 0 Å². The van der Waals surface area contributed by atoms with E-state index in [4.69, 9.17) is 0 Å². The van der Waals surface area contributed by atoms with Crippen molar-refractivity contribution >= 4 is 11.8 Å². The van der Waals surface area contributed by atoms with Gasteiger partial charge in [-0.3, -0.25) is 5.32 Å². The minimum absolute atomic E-state index is 0.514. The zero-order valence-electron chi connectivity index (χ0n) is 8.79. The van der Waals surface area contributed by atoms with Gasteiger partial charge in [0.25, 0.3) is 0 Å². The van der Waals surface area contributed by atoms with Crippen molar-refractivity contribution in [2.75, 3.05) is 5.75 Å². The molecular weight excluding hydrogens is 190 g/mol. The smallest absolute Gasteiger partial charge is 0.0792 e. The van der Waals surface area contributed by atoms with Crippen molar-refractivity contribution in [3.05, 3.63) is 35.4 Å². The van der Waals surface area contributed by atoms with Gasteiger partial charge in [0.2, 0.25) is 0 Å². The SMILES string of the molecule is CCC1CSC(c2cccc(C)c2)N1. The van der Waals surface area contributed by atoms with Crippen LogP contribution in [-0.4, -0.2) is 11.8 Å². The molecule has 1 N–H and O–H groups in total. The van der Waals surface area contributed by atoms with Crippen LogP contribution in [0.2, 0.25) is 0 Å². The number of thioether (sulfide) groups is 1. The molecule has 0 bridgehead atoms. The molecule has 1 aromatic rings. The molecule has 0 radical (unpaired) electrons. The standard InChI is InChI=1S/C12H17NS/c1-3-11-8-14-12(13-11)10-6-4-5-9(2)7-10/h4-7,11-13H,3,8H2,1-2H3. The molecule has 0 spiro atoms. The van der Waals surface area contributed by atoms with Gasteiger partial charge in [0.15, 0.2) is 0 Å². The van der Waals surface area contributed by atoms with Gasteiger partial charge < -0.3 is 0 Å². The van der Waals surface area contributed by atoms with E-state index in [2.05, 4.69) is 43.4 Å². The zero-order chi connectivity index (χ0) is 9.97. The number of hydrogen-bond acceptors (Lipinski definition) is 2. The Balaban J connectivity index is 2.09. The highest BCUT2D eigenvalue weighted by atomic mass is 32.2. The number of nitrogens with one attached hydrogen (secondary N) is 1. The van der Waals surface area contributed by atoms with E-state index in [0.717, 1.165) is 0 Å². The van der Waals surface area contributed by atoms with Crippen molar-refractivity contribution in [2.45, 2.75) is 31.7 Å².